The molecule has 10 nitrogen and oxygen atoms in total. The van der Waals surface area contributed by atoms with Crippen molar-refractivity contribution in [3.63, 3.8) is 0 Å². The fourth-order valence-corrected chi connectivity index (χ4v) is 5.23. The summed E-state index contributed by atoms with van der Waals surface area (Å²) in [5, 5.41) is 3.62. The molecule has 3 rings (SSSR count). The van der Waals surface area contributed by atoms with E-state index in [2.05, 4.69) is 5.32 Å². The molecule has 0 aliphatic carbocycles. The van der Waals surface area contributed by atoms with Crippen molar-refractivity contribution >= 4 is 68.3 Å². The van der Waals surface area contributed by atoms with Crippen LogP contribution in [-0.4, -0.2) is 72.0 Å². The lowest BCUT2D eigenvalue weighted by Gasteiger charge is -2.31. The Morgan fingerprint density at radius 3 is 2.37 bits per heavy atom. The smallest absolute Gasteiger partial charge is 0.265 e. The Labute approximate surface area is 213 Å². The molecule has 13 heteroatoms. The first-order valence-corrected chi connectivity index (χ1v) is 13.2. The number of rotatable bonds is 7. The molecule has 0 aromatic heterocycles. The molecule has 2 aliphatic heterocycles. The van der Waals surface area contributed by atoms with Crippen LogP contribution in [0, 0.1) is 0 Å². The van der Waals surface area contributed by atoms with Gasteiger partial charge in [-0.2, -0.15) is 8.42 Å². The summed E-state index contributed by atoms with van der Waals surface area (Å²) < 4.78 is 31.4. The molecule has 186 valence electrons. The van der Waals surface area contributed by atoms with Gasteiger partial charge in [0.1, 0.15) is 5.57 Å². The van der Waals surface area contributed by atoms with Gasteiger partial charge in [-0.15, -0.1) is 0 Å². The van der Waals surface area contributed by atoms with Crippen LogP contribution in [0.25, 0.3) is 0 Å². The van der Waals surface area contributed by atoms with E-state index in [0.717, 1.165) is 15.6 Å². The highest BCUT2D eigenvalue weighted by atomic mass is 32.2. The molecule has 0 radical (unpaired) electrons. The van der Waals surface area contributed by atoms with E-state index in [0.29, 0.717) is 12.2 Å². The van der Waals surface area contributed by atoms with Crippen molar-refractivity contribution in [2.24, 2.45) is 0 Å². The fourth-order valence-electron chi connectivity index (χ4n) is 3.43. The van der Waals surface area contributed by atoms with Gasteiger partial charge in [0.25, 0.3) is 21.9 Å². The molecule has 1 aromatic rings. The van der Waals surface area contributed by atoms with Crippen LogP contribution < -0.4 is 10.2 Å². The van der Waals surface area contributed by atoms with Crippen LogP contribution in [0.3, 0.4) is 0 Å². The van der Waals surface area contributed by atoms with Crippen LogP contribution in [0.1, 0.15) is 13.3 Å². The summed E-state index contributed by atoms with van der Waals surface area (Å²) in [6, 6.07) is 5.39. The van der Waals surface area contributed by atoms with E-state index < -0.39 is 21.9 Å². The second-order valence-electron chi connectivity index (χ2n) is 7.74. The molecule has 2 N–H and O–H groups in total. The summed E-state index contributed by atoms with van der Waals surface area (Å²) in [6.45, 7) is 1.74. The minimum atomic E-state index is -4.09. The number of thiocarbonyl (C=S) groups is 1. The number of amides is 3. The van der Waals surface area contributed by atoms with E-state index in [-0.39, 0.29) is 28.8 Å². The predicted octanol–water partition coefficient (Wildman–Crippen LogP) is 2.37. The van der Waals surface area contributed by atoms with Gasteiger partial charge >= 0.3 is 0 Å². The zero-order valence-corrected chi connectivity index (χ0v) is 21.7. The molecule has 0 bridgehead atoms. The zero-order valence-electron chi connectivity index (χ0n) is 19.2. The number of hydrogen-bond donors (Lipinski definition) is 2. The van der Waals surface area contributed by atoms with Crippen LogP contribution in [0.4, 0.5) is 11.4 Å². The van der Waals surface area contributed by atoms with Crippen molar-refractivity contribution in [3.05, 3.63) is 53.1 Å². The summed E-state index contributed by atoms with van der Waals surface area (Å²) in [5.41, 5.74) is 1.43. The topological polar surface area (TPSA) is 127 Å². The van der Waals surface area contributed by atoms with Gasteiger partial charge in [-0.25, -0.2) is 0 Å². The Kier molecular flexibility index (Phi) is 8.15. The number of carbonyl (C=O) groups is 3. The molecule has 3 amide bonds. The summed E-state index contributed by atoms with van der Waals surface area (Å²) >= 11 is 6.49. The quantitative estimate of drug-likeness (QED) is 0.234. The maximum atomic E-state index is 12.4. The number of carbonyl (C=O) groups excluding carboxylic acids is 3. The highest BCUT2D eigenvalue weighted by molar-refractivity contribution is 8.03. The predicted molar refractivity (Wildman–Crippen MR) is 138 cm³/mol. The lowest BCUT2D eigenvalue weighted by atomic mass is 10.1. The van der Waals surface area contributed by atoms with Crippen molar-refractivity contribution in [1.82, 2.24) is 9.80 Å². The average molecular weight is 537 g/mol. The Morgan fingerprint density at radius 1 is 1.14 bits per heavy atom. The summed E-state index contributed by atoms with van der Waals surface area (Å²) in [7, 11) is -1.09. The molecule has 0 atom stereocenters. The van der Waals surface area contributed by atoms with Gasteiger partial charge in [-0.3, -0.25) is 28.7 Å². The molecule has 1 saturated heterocycles. The SMILES string of the molecule is CC(=O)Nc1ccc2c(c1)S/C(=C\C=C\C=C1C(=O)N(C)C(=S)N(C)C1=O)N2CCCS(=O)(=O)O. The maximum Gasteiger partial charge on any atom is 0.265 e. The summed E-state index contributed by atoms with van der Waals surface area (Å²) in [5.74, 6) is -1.56. The summed E-state index contributed by atoms with van der Waals surface area (Å²) in [6.07, 6.45) is 6.61. The maximum absolute atomic E-state index is 12.4. The Balaban J connectivity index is 1.85. The Morgan fingerprint density at radius 2 is 1.77 bits per heavy atom. The van der Waals surface area contributed by atoms with E-state index in [1.165, 1.54) is 48.7 Å². The molecule has 2 aliphatic rings. The Bertz CT molecular complexity index is 1260. The highest BCUT2D eigenvalue weighted by Crippen LogP contribution is 2.47. The second-order valence-corrected chi connectivity index (χ2v) is 10.7. The first-order chi connectivity index (χ1) is 16.4. The molecule has 0 unspecified atom stereocenters. The van der Waals surface area contributed by atoms with Crippen LogP contribution >= 0.6 is 24.0 Å². The highest BCUT2D eigenvalue weighted by Gasteiger charge is 2.34. The third kappa shape index (κ3) is 6.36. The van der Waals surface area contributed by atoms with Gasteiger partial charge in [0.15, 0.2) is 5.11 Å². The van der Waals surface area contributed by atoms with Gasteiger partial charge < -0.3 is 10.2 Å². The lowest BCUT2D eigenvalue weighted by molar-refractivity contribution is -0.132. The third-order valence-electron chi connectivity index (χ3n) is 5.09. The van der Waals surface area contributed by atoms with Crippen molar-refractivity contribution in [2.75, 3.05) is 36.6 Å². The normalized spacial score (nSPS) is 17.6. The van der Waals surface area contributed by atoms with Crippen molar-refractivity contribution < 1.29 is 27.4 Å². The largest absolute Gasteiger partial charge is 0.335 e. The number of hydrogen-bond acceptors (Lipinski definition) is 8. The molecule has 1 fully saturated rings. The monoisotopic (exact) mass is 536 g/mol. The number of anilines is 2. The minimum absolute atomic E-state index is 0.0226. The Hall–Kier alpha value is -3.00. The van der Waals surface area contributed by atoms with Gasteiger partial charge in [0.05, 0.1) is 16.5 Å². The summed E-state index contributed by atoms with van der Waals surface area (Å²) in [4.78, 5) is 41.4. The van der Waals surface area contributed by atoms with Gasteiger partial charge in [0.2, 0.25) is 5.91 Å². The van der Waals surface area contributed by atoms with Gasteiger partial charge in [-0.05, 0) is 49.0 Å². The van der Waals surface area contributed by atoms with E-state index in [9.17, 15) is 22.8 Å². The van der Waals surface area contributed by atoms with Crippen molar-refractivity contribution in [3.8, 4) is 0 Å². The standard InChI is InChI=1S/C22H24N4O6S3/c1-14(27)23-15-9-10-17-18(13-15)34-19(26(17)11-6-12-35(30,31)32)8-5-4-7-16-20(28)24(2)22(33)25(3)21(16)29/h4-5,7-10,13H,6,11-12H2,1-3H3,(H,23,27)(H,30,31,32)/b5-4+,19-8-. The number of fused-ring (bicyclic) bond motifs is 1. The number of nitrogens with zero attached hydrogens (tertiary/aromatic N) is 3. The van der Waals surface area contributed by atoms with Crippen LogP contribution in [0.2, 0.25) is 0 Å². The average Bonchev–Trinajstić information content (AvgIpc) is 3.11. The molecule has 1 aromatic carbocycles. The number of thioether (sulfide) groups is 1. The van der Waals surface area contributed by atoms with Crippen LogP contribution in [0.15, 0.2) is 58.0 Å². The van der Waals surface area contributed by atoms with Crippen molar-refractivity contribution in [1.29, 1.82) is 0 Å². The molecule has 2 heterocycles. The fraction of sp³-hybridized carbons (Fsp3) is 0.273. The number of allylic oxidation sites excluding steroid dienone is 4. The molecular weight excluding hydrogens is 512 g/mol. The van der Waals surface area contributed by atoms with Crippen LogP contribution in [-0.2, 0) is 24.5 Å². The van der Waals surface area contributed by atoms with E-state index in [1.54, 1.807) is 24.3 Å². The number of nitrogens with one attached hydrogen (secondary N) is 1. The molecule has 0 spiro atoms. The van der Waals surface area contributed by atoms with Crippen LogP contribution in [0.5, 0.6) is 0 Å². The lowest BCUT2D eigenvalue weighted by Crippen LogP contribution is -2.52. The molecule has 0 saturated carbocycles. The van der Waals surface area contributed by atoms with E-state index in [1.807, 2.05) is 17.0 Å². The number of benzene rings is 1. The zero-order chi connectivity index (χ0) is 25.9. The van der Waals surface area contributed by atoms with Crippen molar-refractivity contribution in [2.45, 2.75) is 18.2 Å². The van der Waals surface area contributed by atoms with E-state index >= 15 is 0 Å². The first kappa shape index (κ1) is 26.6. The van der Waals surface area contributed by atoms with E-state index in [4.69, 9.17) is 16.8 Å². The molecule has 35 heavy (non-hydrogen) atoms. The molecular formula is C22H24N4O6S3. The second kappa shape index (κ2) is 10.7. The third-order valence-corrected chi connectivity index (χ3v) is 7.56. The minimum Gasteiger partial charge on any atom is -0.335 e. The number of likely N-dealkylation sites (N-methyl/N-ethyl adjacent to an activating group) is 2. The van der Waals surface area contributed by atoms with Gasteiger partial charge in [-0.1, -0.05) is 23.9 Å². The first-order valence-electron chi connectivity index (χ1n) is 10.4. The van der Waals surface area contributed by atoms with Gasteiger partial charge in [0, 0.05) is 38.1 Å².